The summed E-state index contributed by atoms with van der Waals surface area (Å²) >= 11 is 0. The van der Waals surface area contributed by atoms with Crippen molar-refractivity contribution in [2.24, 2.45) is 0 Å². The molecule has 2 rings (SSSR count). The molecule has 0 saturated carbocycles. The highest BCUT2D eigenvalue weighted by Gasteiger charge is 2.13. The quantitative estimate of drug-likeness (QED) is 0.758. The molecule has 0 spiro atoms. The molecule has 2 aromatic rings. The summed E-state index contributed by atoms with van der Waals surface area (Å²) in [6.45, 7) is 0.830. The molecule has 2 nitrogen and oxygen atoms in total. The lowest BCUT2D eigenvalue weighted by Gasteiger charge is -2.05. The van der Waals surface area contributed by atoms with Gasteiger partial charge in [0.25, 0.3) is 0 Å². The first-order valence-corrected chi connectivity index (χ1v) is 4.52. The van der Waals surface area contributed by atoms with Crippen LogP contribution in [-0.2, 0) is 0 Å². The summed E-state index contributed by atoms with van der Waals surface area (Å²) in [7, 11) is 0. The van der Waals surface area contributed by atoms with Crippen molar-refractivity contribution in [3.8, 4) is 5.75 Å². The first-order valence-electron chi connectivity index (χ1n) is 4.52. The number of alkyl halides is 2. The SMILES string of the molecule is Cc1cc2c(C)ccc(OC(F)F)c2o1. The van der Waals surface area contributed by atoms with Crippen molar-refractivity contribution in [3.05, 3.63) is 29.5 Å². The Morgan fingerprint density at radius 1 is 1.27 bits per heavy atom. The van der Waals surface area contributed by atoms with Crippen LogP contribution in [0.5, 0.6) is 5.75 Å². The van der Waals surface area contributed by atoms with Gasteiger partial charge in [-0.3, -0.25) is 0 Å². The van der Waals surface area contributed by atoms with E-state index in [0.717, 1.165) is 10.9 Å². The number of furan rings is 1. The molecule has 1 aromatic heterocycles. The van der Waals surface area contributed by atoms with Gasteiger partial charge in [0.05, 0.1) is 0 Å². The van der Waals surface area contributed by atoms with Crippen LogP contribution in [0.15, 0.2) is 22.6 Å². The van der Waals surface area contributed by atoms with Crippen molar-refractivity contribution in [1.82, 2.24) is 0 Å². The molecule has 1 aromatic carbocycles. The number of rotatable bonds is 2. The number of halogens is 2. The van der Waals surface area contributed by atoms with Gasteiger partial charge in [-0.25, -0.2) is 0 Å². The maximum absolute atomic E-state index is 12.1. The predicted molar refractivity (Wildman–Crippen MR) is 52.3 cm³/mol. The monoisotopic (exact) mass is 212 g/mol. The maximum atomic E-state index is 12.1. The maximum Gasteiger partial charge on any atom is 0.387 e. The summed E-state index contributed by atoms with van der Waals surface area (Å²) in [6.07, 6.45) is 0. The van der Waals surface area contributed by atoms with Gasteiger partial charge in [0.2, 0.25) is 0 Å². The molecule has 0 unspecified atom stereocenters. The van der Waals surface area contributed by atoms with Gasteiger partial charge in [-0.2, -0.15) is 8.78 Å². The van der Waals surface area contributed by atoms with Gasteiger partial charge < -0.3 is 9.15 Å². The zero-order valence-electron chi connectivity index (χ0n) is 8.38. The van der Waals surface area contributed by atoms with Gasteiger partial charge >= 0.3 is 6.61 Å². The fourth-order valence-electron chi connectivity index (χ4n) is 1.55. The third-order valence-corrected chi connectivity index (χ3v) is 2.20. The standard InChI is InChI=1S/C11H10F2O2/c1-6-3-4-9(15-11(12)13)10-8(6)5-7(2)14-10/h3-5,11H,1-2H3. The van der Waals surface area contributed by atoms with Crippen LogP contribution in [-0.4, -0.2) is 6.61 Å². The van der Waals surface area contributed by atoms with E-state index in [4.69, 9.17) is 4.42 Å². The van der Waals surface area contributed by atoms with E-state index in [-0.39, 0.29) is 5.75 Å². The molecule has 0 aliphatic carbocycles. The first-order chi connectivity index (χ1) is 7.08. The van der Waals surface area contributed by atoms with Crippen LogP contribution in [0, 0.1) is 13.8 Å². The van der Waals surface area contributed by atoms with E-state index < -0.39 is 6.61 Å². The molecule has 0 aliphatic heterocycles. The highest BCUT2D eigenvalue weighted by Crippen LogP contribution is 2.31. The average molecular weight is 212 g/mol. The van der Waals surface area contributed by atoms with Crippen molar-refractivity contribution in [1.29, 1.82) is 0 Å². The molecule has 80 valence electrons. The molecule has 4 heteroatoms. The number of hydrogen-bond acceptors (Lipinski definition) is 2. The topological polar surface area (TPSA) is 22.4 Å². The summed E-state index contributed by atoms with van der Waals surface area (Å²) in [5.74, 6) is 0.761. The second-order valence-electron chi connectivity index (χ2n) is 3.36. The number of benzene rings is 1. The Hall–Kier alpha value is -1.58. The number of hydrogen-bond donors (Lipinski definition) is 0. The minimum absolute atomic E-state index is 0.0821. The molecule has 0 N–H and O–H groups in total. The Balaban J connectivity index is 2.60. The highest BCUT2D eigenvalue weighted by atomic mass is 19.3. The van der Waals surface area contributed by atoms with Crippen molar-refractivity contribution in [3.63, 3.8) is 0 Å². The van der Waals surface area contributed by atoms with Crippen molar-refractivity contribution in [2.45, 2.75) is 20.5 Å². The Labute approximate surface area is 85.4 Å². The van der Waals surface area contributed by atoms with Crippen LogP contribution in [0.1, 0.15) is 11.3 Å². The van der Waals surface area contributed by atoms with E-state index in [2.05, 4.69) is 4.74 Å². The Bertz CT molecular complexity index is 489. The van der Waals surface area contributed by atoms with Gasteiger partial charge in [0.1, 0.15) is 5.76 Å². The van der Waals surface area contributed by atoms with Crippen LogP contribution in [0.4, 0.5) is 8.78 Å². The van der Waals surface area contributed by atoms with Gasteiger partial charge in [-0.1, -0.05) is 6.07 Å². The third kappa shape index (κ3) is 1.79. The lowest BCUT2D eigenvalue weighted by molar-refractivity contribution is -0.0494. The van der Waals surface area contributed by atoms with Gasteiger partial charge in [0, 0.05) is 5.39 Å². The lowest BCUT2D eigenvalue weighted by Crippen LogP contribution is -2.01. The van der Waals surface area contributed by atoms with Gasteiger partial charge in [0.15, 0.2) is 11.3 Å². The number of aryl methyl sites for hydroxylation is 2. The Morgan fingerprint density at radius 3 is 2.67 bits per heavy atom. The lowest BCUT2D eigenvalue weighted by atomic mass is 10.1. The fourth-order valence-corrected chi connectivity index (χ4v) is 1.55. The first kappa shape index (κ1) is 9.96. The molecule has 0 bridgehead atoms. The van der Waals surface area contributed by atoms with E-state index in [0.29, 0.717) is 11.3 Å². The van der Waals surface area contributed by atoms with Crippen molar-refractivity contribution >= 4 is 11.0 Å². The highest BCUT2D eigenvalue weighted by molar-refractivity contribution is 5.86. The molecule has 0 amide bonds. The Kier molecular flexibility index (Phi) is 2.34. The summed E-state index contributed by atoms with van der Waals surface area (Å²) < 4.78 is 33.9. The van der Waals surface area contributed by atoms with E-state index in [1.54, 1.807) is 13.0 Å². The Morgan fingerprint density at radius 2 is 2.00 bits per heavy atom. The summed E-state index contributed by atoms with van der Waals surface area (Å²) in [5.41, 5.74) is 1.36. The molecule has 0 saturated heterocycles. The fraction of sp³-hybridized carbons (Fsp3) is 0.273. The normalized spacial score (nSPS) is 11.3. The van der Waals surface area contributed by atoms with Gasteiger partial charge in [-0.15, -0.1) is 0 Å². The van der Waals surface area contributed by atoms with Crippen LogP contribution < -0.4 is 4.74 Å². The van der Waals surface area contributed by atoms with Crippen LogP contribution in [0.3, 0.4) is 0 Å². The molecular formula is C11H10F2O2. The number of fused-ring (bicyclic) bond motifs is 1. The molecule has 0 fully saturated rings. The van der Waals surface area contributed by atoms with Gasteiger partial charge in [-0.05, 0) is 31.5 Å². The van der Waals surface area contributed by atoms with E-state index >= 15 is 0 Å². The second kappa shape index (κ2) is 3.53. The number of ether oxygens (including phenoxy) is 1. The van der Waals surface area contributed by atoms with Crippen molar-refractivity contribution < 1.29 is 17.9 Å². The average Bonchev–Trinajstić information content (AvgIpc) is 2.52. The molecular weight excluding hydrogens is 202 g/mol. The molecule has 0 aliphatic rings. The van der Waals surface area contributed by atoms with E-state index in [1.165, 1.54) is 6.07 Å². The molecule has 0 atom stereocenters. The van der Waals surface area contributed by atoms with E-state index in [1.807, 2.05) is 13.0 Å². The largest absolute Gasteiger partial charge is 0.457 e. The van der Waals surface area contributed by atoms with Crippen molar-refractivity contribution in [2.75, 3.05) is 0 Å². The van der Waals surface area contributed by atoms with Crippen LogP contribution >= 0.6 is 0 Å². The van der Waals surface area contributed by atoms with Crippen LogP contribution in [0.2, 0.25) is 0 Å². The zero-order valence-corrected chi connectivity index (χ0v) is 8.38. The minimum atomic E-state index is -2.83. The smallest absolute Gasteiger partial charge is 0.387 e. The summed E-state index contributed by atoms with van der Waals surface area (Å²) in [6, 6.07) is 5.03. The van der Waals surface area contributed by atoms with Crippen LogP contribution in [0.25, 0.3) is 11.0 Å². The summed E-state index contributed by atoms with van der Waals surface area (Å²) in [4.78, 5) is 0. The predicted octanol–water partition coefficient (Wildman–Crippen LogP) is 3.65. The molecule has 1 heterocycles. The summed E-state index contributed by atoms with van der Waals surface area (Å²) in [5, 5.41) is 0.811. The second-order valence-corrected chi connectivity index (χ2v) is 3.36. The molecule has 15 heavy (non-hydrogen) atoms. The van der Waals surface area contributed by atoms with E-state index in [9.17, 15) is 8.78 Å². The third-order valence-electron chi connectivity index (χ3n) is 2.20. The molecule has 0 radical (unpaired) electrons. The zero-order chi connectivity index (χ0) is 11.0. The minimum Gasteiger partial charge on any atom is -0.457 e.